The standard InChI is InChI=1S/C17H19N5O2/c1-22-9-11(7-19-22)13-6-14(13)17(24)20-12-4-5-15(18-8-12)21-16(23)10-2-3-10/h4-5,7-10,13-14H,2-3,6H2,1H3,(H,20,24)(H,18,21,23). The Hall–Kier alpha value is -2.70. The fourth-order valence-electron chi connectivity index (χ4n) is 2.84. The largest absolute Gasteiger partial charge is 0.324 e. The molecular formula is C17H19N5O2. The van der Waals surface area contributed by atoms with Gasteiger partial charge in [-0.05, 0) is 42.9 Å². The third-order valence-corrected chi connectivity index (χ3v) is 4.51. The Morgan fingerprint density at radius 3 is 2.62 bits per heavy atom. The normalized spacial score (nSPS) is 22.0. The summed E-state index contributed by atoms with van der Waals surface area (Å²) < 4.78 is 1.75. The lowest BCUT2D eigenvalue weighted by atomic mass is 10.2. The molecule has 24 heavy (non-hydrogen) atoms. The average Bonchev–Trinajstić information content (AvgIpc) is 3.47. The Kier molecular flexibility index (Phi) is 3.55. The Morgan fingerprint density at radius 1 is 1.17 bits per heavy atom. The maximum atomic E-state index is 12.3. The molecule has 124 valence electrons. The minimum Gasteiger partial charge on any atom is -0.324 e. The van der Waals surface area contributed by atoms with Gasteiger partial charge in [0.2, 0.25) is 11.8 Å². The molecule has 2 fully saturated rings. The second kappa shape index (κ2) is 5.74. The van der Waals surface area contributed by atoms with Crippen LogP contribution in [0.25, 0.3) is 0 Å². The number of hydrogen-bond acceptors (Lipinski definition) is 4. The van der Waals surface area contributed by atoms with Crippen molar-refractivity contribution in [3.05, 3.63) is 36.3 Å². The van der Waals surface area contributed by atoms with E-state index in [-0.39, 0.29) is 29.6 Å². The smallest absolute Gasteiger partial charge is 0.228 e. The van der Waals surface area contributed by atoms with Crippen molar-refractivity contribution >= 4 is 23.3 Å². The van der Waals surface area contributed by atoms with Gasteiger partial charge in [0.25, 0.3) is 0 Å². The number of nitrogens with one attached hydrogen (secondary N) is 2. The first-order valence-electron chi connectivity index (χ1n) is 8.16. The van der Waals surface area contributed by atoms with Gasteiger partial charge in [-0.15, -0.1) is 0 Å². The second-order valence-corrected chi connectivity index (χ2v) is 6.58. The molecular weight excluding hydrogens is 306 g/mol. The van der Waals surface area contributed by atoms with E-state index < -0.39 is 0 Å². The highest BCUT2D eigenvalue weighted by Gasteiger charge is 2.44. The van der Waals surface area contributed by atoms with Crippen molar-refractivity contribution < 1.29 is 9.59 Å². The number of hydrogen-bond donors (Lipinski definition) is 2. The van der Waals surface area contributed by atoms with Crippen molar-refractivity contribution in [3.8, 4) is 0 Å². The molecule has 7 nitrogen and oxygen atoms in total. The molecule has 0 saturated heterocycles. The van der Waals surface area contributed by atoms with Gasteiger partial charge in [-0.25, -0.2) is 4.98 Å². The molecule has 0 spiro atoms. The summed E-state index contributed by atoms with van der Waals surface area (Å²) in [6.07, 6.45) is 8.11. The number of aryl methyl sites for hydroxylation is 1. The summed E-state index contributed by atoms with van der Waals surface area (Å²) in [4.78, 5) is 28.2. The number of amides is 2. The summed E-state index contributed by atoms with van der Waals surface area (Å²) in [5, 5.41) is 9.81. The van der Waals surface area contributed by atoms with Crippen molar-refractivity contribution in [2.45, 2.75) is 25.2 Å². The van der Waals surface area contributed by atoms with Crippen molar-refractivity contribution in [3.63, 3.8) is 0 Å². The molecule has 2 aliphatic rings. The van der Waals surface area contributed by atoms with Crippen LogP contribution in [0.3, 0.4) is 0 Å². The number of nitrogens with zero attached hydrogens (tertiary/aromatic N) is 3. The quantitative estimate of drug-likeness (QED) is 0.879. The van der Waals surface area contributed by atoms with Crippen molar-refractivity contribution in [2.75, 3.05) is 10.6 Å². The van der Waals surface area contributed by atoms with E-state index >= 15 is 0 Å². The van der Waals surface area contributed by atoms with Crippen LogP contribution in [-0.4, -0.2) is 26.6 Å². The van der Waals surface area contributed by atoms with E-state index in [1.54, 1.807) is 23.0 Å². The lowest BCUT2D eigenvalue weighted by Crippen LogP contribution is -2.16. The van der Waals surface area contributed by atoms with Crippen LogP contribution in [0.4, 0.5) is 11.5 Å². The summed E-state index contributed by atoms with van der Waals surface area (Å²) in [6.45, 7) is 0. The molecule has 0 radical (unpaired) electrons. The molecule has 2 aromatic rings. The van der Waals surface area contributed by atoms with Gasteiger partial charge in [-0.3, -0.25) is 14.3 Å². The lowest BCUT2D eigenvalue weighted by molar-refractivity contribution is -0.118. The molecule has 2 saturated carbocycles. The molecule has 2 unspecified atom stereocenters. The summed E-state index contributed by atoms with van der Waals surface area (Å²) in [5.41, 5.74) is 1.75. The van der Waals surface area contributed by atoms with E-state index in [4.69, 9.17) is 0 Å². The first kappa shape index (κ1) is 14.9. The minimum absolute atomic E-state index is 0.000388. The van der Waals surface area contributed by atoms with Crippen LogP contribution in [0.1, 0.15) is 30.7 Å². The molecule has 0 aliphatic heterocycles. The number of rotatable bonds is 5. The van der Waals surface area contributed by atoms with Crippen LogP contribution < -0.4 is 10.6 Å². The van der Waals surface area contributed by atoms with Crippen LogP contribution in [-0.2, 0) is 16.6 Å². The van der Waals surface area contributed by atoms with E-state index in [2.05, 4.69) is 20.7 Å². The van der Waals surface area contributed by atoms with Gasteiger partial charge in [0.15, 0.2) is 0 Å². The predicted octanol–water partition coefficient (Wildman–Crippen LogP) is 1.91. The van der Waals surface area contributed by atoms with Gasteiger partial charge in [0.05, 0.1) is 18.1 Å². The van der Waals surface area contributed by atoms with E-state index in [1.165, 1.54) is 0 Å². The number of anilines is 2. The van der Waals surface area contributed by atoms with Crippen LogP contribution >= 0.6 is 0 Å². The first-order valence-corrected chi connectivity index (χ1v) is 8.16. The van der Waals surface area contributed by atoms with Crippen molar-refractivity contribution in [1.82, 2.24) is 14.8 Å². The topological polar surface area (TPSA) is 88.9 Å². The van der Waals surface area contributed by atoms with Crippen LogP contribution in [0.2, 0.25) is 0 Å². The predicted molar refractivity (Wildman–Crippen MR) is 88.3 cm³/mol. The molecule has 2 amide bonds. The molecule has 2 heterocycles. The van der Waals surface area contributed by atoms with Gasteiger partial charge >= 0.3 is 0 Å². The van der Waals surface area contributed by atoms with Crippen molar-refractivity contribution in [2.24, 2.45) is 18.9 Å². The third-order valence-electron chi connectivity index (χ3n) is 4.51. The van der Waals surface area contributed by atoms with Crippen LogP contribution in [0.5, 0.6) is 0 Å². The Labute approximate surface area is 139 Å². The molecule has 0 aromatic carbocycles. The van der Waals surface area contributed by atoms with E-state index in [1.807, 2.05) is 19.4 Å². The highest BCUT2D eigenvalue weighted by Crippen LogP contribution is 2.47. The van der Waals surface area contributed by atoms with Crippen LogP contribution in [0.15, 0.2) is 30.7 Å². The number of carbonyl (C=O) groups is 2. The number of pyridine rings is 1. The third kappa shape index (κ3) is 3.15. The lowest BCUT2D eigenvalue weighted by Gasteiger charge is -2.06. The Bertz CT molecular complexity index is 779. The van der Waals surface area contributed by atoms with Crippen LogP contribution in [0, 0.1) is 11.8 Å². The molecule has 2 atom stereocenters. The first-order chi connectivity index (χ1) is 11.6. The SMILES string of the molecule is Cn1cc(C2CC2C(=O)Nc2ccc(NC(=O)C3CC3)nc2)cn1. The zero-order valence-electron chi connectivity index (χ0n) is 13.4. The Morgan fingerprint density at radius 2 is 2.00 bits per heavy atom. The maximum Gasteiger partial charge on any atom is 0.228 e. The number of aromatic nitrogens is 3. The maximum absolute atomic E-state index is 12.3. The van der Waals surface area contributed by atoms with E-state index in [0.29, 0.717) is 11.5 Å². The summed E-state index contributed by atoms with van der Waals surface area (Å²) >= 11 is 0. The second-order valence-electron chi connectivity index (χ2n) is 6.58. The van der Waals surface area contributed by atoms with E-state index in [0.717, 1.165) is 24.8 Å². The molecule has 2 aliphatic carbocycles. The van der Waals surface area contributed by atoms with E-state index in [9.17, 15) is 9.59 Å². The Balaban J connectivity index is 1.32. The van der Waals surface area contributed by atoms with Gasteiger partial charge in [0, 0.05) is 25.1 Å². The van der Waals surface area contributed by atoms with Gasteiger partial charge in [-0.1, -0.05) is 0 Å². The fourth-order valence-corrected chi connectivity index (χ4v) is 2.84. The molecule has 7 heteroatoms. The summed E-state index contributed by atoms with van der Waals surface area (Å²) in [7, 11) is 1.87. The zero-order valence-corrected chi connectivity index (χ0v) is 13.4. The van der Waals surface area contributed by atoms with Crippen molar-refractivity contribution in [1.29, 1.82) is 0 Å². The molecule has 4 rings (SSSR count). The highest BCUT2D eigenvalue weighted by molar-refractivity contribution is 5.96. The highest BCUT2D eigenvalue weighted by atomic mass is 16.2. The summed E-state index contributed by atoms with van der Waals surface area (Å²) in [5.74, 6) is 0.930. The molecule has 2 aromatic heterocycles. The fraction of sp³-hybridized carbons (Fsp3) is 0.412. The molecule has 0 bridgehead atoms. The minimum atomic E-state index is -0.0107. The number of carbonyl (C=O) groups excluding carboxylic acids is 2. The monoisotopic (exact) mass is 325 g/mol. The summed E-state index contributed by atoms with van der Waals surface area (Å²) in [6, 6.07) is 3.47. The average molecular weight is 325 g/mol. The van der Waals surface area contributed by atoms with Gasteiger partial charge < -0.3 is 10.6 Å². The van der Waals surface area contributed by atoms with Gasteiger partial charge in [0.1, 0.15) is 5.82 Å². The zero-order chi connectivity index (χ0) is 16.7. The van der Waals surface area contributed by atoms with Gasteiger partial charge in [-0.2, -0.15) is 5.10 Å². The molecule has 2 N–H and O–H groups in total.